The van der Waals surface area contributed by atoms with E-state index in [-0.39, 0.29) is 24.1 Å². The minimum atomic E-state index is -0.394. The Morgan fingerprint density at radius 2 is 2.00 bits per heavy atom. The minimum absolute atomic E-state index is 0.0335. The van der Waals surface area contributed by atoms with Crippen LogP contribution in [0.2, 0.25) is 0 Å². The number of ether oxygens (including phenoxy) is 1. The molecule has 2 N–H and O–H groups in total. The van der Waals surface area contributed by atoms with Gasteiger partial charge in [-0.15, -0.1) is 21.5 Å². The first-order valence-corrected chi connectivity index (χ1v) is 10.4. The summed E-state index contributed by atoms with van der Waals surface area (Å²) in [6.07, 6.45) is 2.14. The summed E-state index contributed by atoms with van der Waals surface area (Å²) in [7, 11) is 0. The Morgan fingerprint density at radius 3 is 2.79 bits per heavy atom. The molecule has 1 aliphatic rings. The third kappa shape index (κ3) is 4.58. The molecule has 8 nitrogen and oxygen atoms in total. The van der Waals surface area contributed by atoms with Crippen molar-refractivity contribution < 1.29 is 14.3 Å². The zero-order chi connectivity index (χ0) is 19.3. The number of amides is 2. The van der Waals surface area contributed by atoms with E-state index < -0.39 is 5.91 Å². The molecule has 1 fully saturated rings. The molecule has 1 aliphatic heterocycles. The highest BCUT2D eigenvalue weighted by molar-refractivity contribution is 7.15. The SMILES string of the molecule is O=C(Cc1ccccc1)Nc1nc(C(=O)Nc2nnc(C3CCCO3)s2)cs1. The van der Waals surface area contributed by atoms with Crippen molar-refractivity contribution in [1.82, 2.24) is 15.2 Å². The van der Waals surface area contributed by atoms with Crippen LogP contribution in [0.4, 0.5) is 10.3 Å². The molecule has 3 aromatic rings. The van der Waals surface area contributed by atoms with Crippen molar-refractivity contribution >= 4 is 44.8 Å². The van der Waals surface area contributed by atoms with Crippen molar-refractivity contribution in [2.45, 2.75) is 25.4 Å². The normalized spacial score (nSPS) is 16.1. The molecular weight excluding hydrogens is 398 g/mol. The van der Waals surface area contributed by atoms with Crippen molar-refractivity contribution in [3.8, 4) is 0 Å². The van der Waals surface area contributed by atoms with Gasteiger partial charge in [0.05, 0.1) is 6.42 Å². The van der Waals surface area contributed by atoms with Crippen molar-refractivity contribution in [2.24, 2.45) is 0 Å². The van der Waals surface area contributed by atoms with Crippen LogP contribution in [0.15, 0.2) is 35.7 Å². The second kappa shape index (κ2) is 8.55. The highest BCUT2D eigenvalue weighted by Gasteiger charge is 2.23. The average Bonchev–Trinajstić information content (AvgIpc) is 3.44. The molecule has 2 aromatic heterocycles. The van der Waals surface area contributed by atoms with Crippen LogP contribution in [0, 0.1) is 0 Å². The summed E-state index contributed by atoms with van der Waals surface area (Å²) in [4.78, 5) is 28.6. The van der Waals surface area contributed by atoms with Gasteiger partial charge >= 0.3 is 0 Å². The molecule has 0 radical (unpaired) electrons. The fourth-order valence-corrected chi connectivity index (χ4v) is 4.26. The molecule has 1 unspecified atom stereocenters. The van der Waals surface area contributed by atoms with E-state index in [2.05, 4.69) is 25.8 Å². The van der Waals surface area contributed by atoms with E-state index in [9.17, 15) is 9.59 Å². The van der Waals surface area contributed by atoms with Gasteiger partial charge in [-0.3, -0.25) is 14.9 Å². The van der Waals surface area contributed by atoms with Gasteiger partial charge in [-0.25, -0.2) is 4.98 Å². The third-order valence-corrected chi connectivity index (χ3v) is 5.75. The maximum Gasteiger partial charge on any atom is 0.277 e. The Bertz CT molecular complexity index is 967. The second-order valence-electron chi connectivity index (χ2n) is 6.15. The van der Waals surface area contributed by atoms with Crippen LogP contribution in [0.5, 0.6) is 0 Å². The van der Waals surface area contributed by atoms with Gasteiger partial charge in [-0.1, -0.05) is 41.7 Å². The number of aromatic nitrogens is 3. The minimum Gasteiger partial charge on any atom is -0.371 e. The fraction of sp³-hybridized carbons (Fsp3) is 0.278. The Labute approximate surface area is 169 Å². The largest absolute Gasteiger partial charge is 0.371 e. The van der Waals surface area contributed by atoms with Gasteiger partial charge in [0.1, 0.15) is 16.8 Å². The average molecular weight is 416 g/mol. The van der Waals surface area contributed by atoms with Crippen molar-refractivity contribution in [1.29, 1.82) is 0 Å². The van der Waals surface area contributed by atoms with Crippen LogP contribution in [-0.4, -0.2) is 33.6 Å². The van der Waals surface area contributed by atoms with E-state index in [0.717, 1.165) is 30.0 Å². The topological polar surface area (TPSA) is 106 Å². The number of hydrogen-bond acceptors (Lipinski definition) is 8. The molecule has 10 heteroatoms. The van der Waals surface area contributed by atoms with Crippen LogP contribution >= 0.6 is 22.7 Å². The second-order valence-corrected chi connectivity index (χ2v) is 8.02. The van der Waals surface area contributed by atoms with Crippen LogP contribution in [0.3, 0.4) is 0 Å². The van der Waals surface area contributed by atoms with Gasteiger partial charge in [0.25, 0.3) is 5.91 Å². The molecule has 0 spiro atoms. The maximum atomic E-state index is 12.4. The van der Waals surface area contributed by atoms with Gasteiger partial charge in [0.15, 0.2) is 5.13 Å². The van der Waals surface area contributed by atoms with Gasteiger partial charge in [0, 0.05) is 12.0 Å². The van der Waals surface area contributed by atoms with E-state index in [0.29, 0.717) is 10.3 Å². The summed E-state index contributed by atoms with van der Waals surface area (Å²) in [5.74, 6) is -0.576. The summed E-state index contributed by atoms with van der Waals surface area (Å²) >= 11 is 2.49. The van der Waals surface area contributed by atoms with E-state index in [1.807, 2.05) is 30.3 Å². The van der Waals surface area contributed by atoms with E-state index in [1.54, 1.807) is 5.38 Å². The molecule has 0 bridgehead atoms. The predicted molar refractivity (Wildman–Crippen MR) is 107 cm³/mol. The summed E-state index contributed by atoms with van der Waals surface area (Å²) in [6.45, 7) is 0.726. The van der Waals surface area contributed by atoms with E-state index in [4.69, 9.17) is 4.74 Å². The molecule has 3 heterocycles. The highest BCUT2D eigenvalue weighted by Crippen LogP contribution is 2.32. The lowest BCUT2D eigenvalue weighted by Crippen LogP contribution is -2.15. The Morgan fingerprint density at radius 1 is 1.14 bits per heavy atom. The summed E-state index contributed by atoms with van der Waals surface area (Å²) in [6, 6.07) is 9.42. The number of anilines is 2. The van der Waals surface area contributed by atoms with Crippen molar-refractivity contribution in [2.75, 3.05) is 17.2 Å². The van der Waals surface area contributed by atoms with Crippen LogP contribution in [-0.2, 0) is 16.0 Å². The summed E-state index contributed by atoms with van der Waals surface area (Å²) in [5.41, 5.74) is 1.13. The van der Waals surface area contributed by atoms with Gasteiger partial charge in [-0.2, -0.15) is 0 Å². The molecule has 1 atom stereocenters. The monoisotopic (exact) mass is 415 g/mol. The molecule has 144 valence electrons. The lowest BCUT2D eigenvalue weighted by atomic mass is 10.1. The van der Waals surface area contributed by atoms with Crippen LogP contribution in [0.25, 0.3) is 0 Å². The van der Waals surface area contributed by atoms with Crippen molar-refractivity contribution in [3.63, 3.8) is 0 Å². The molecule has 0 aliphatic carbocycles. The molecular formula is C18H17N5O3S2. The molecule has 1 aromatic carbocycles. The van der Waals surface area contributed by atoms with Gasteiger partial charge < -0.3 is 10.1 Å². The lowest BCUT2D eigenvalue weighted by molar-refractivity contribution is -0.115. The smallest absolute Gasteiger partial charge is 0.277 e. The van der Waals surface area contributed by atoms with Gasteiger partial charge in [-0.05, 0) is 18.4 Å². The fourth-order valence-electron chi connectivity index (χ4n) is 2.73. The molecule has 1 saturated heterocycles. The van der Waals surface area contributed by atoms with Crippen LogP contribution in [0.1, 0.15) is 40.0 Å². The lowest BCUT2D eigenvalue weighted by Gasteiger charge is -2.02. The first-order valence-electron chi connectivity index (χ1n) is 8.73. The highest BCUT2D eigenvalue weighted by atomic mass is 32.1. The summed E-state index contributed by atoms with van der Waals surface area (Å²) < 4.78 is 5.57. The van der Waals surface area contributed by atoms with Crippen molar-refractivity contribution in [3.05, 3.63) is 52.0 Å². The number of nitrogens with zero attached hydrogens (tertiary/aromatic N) is 3. The van der Waals surface area contributed by atoms with Gasteiger partial charge in [0.2, 0.25) is 11.0 Å². The number of hydrogen-bond donors (Lipinski definition) is 2. The number of carbonyl (C=O) groups excluding carboxylic acids is 2. The number of nitrogens with one attached hydrogen (secondary N) is 2. The Kier molecular flexibility index (Phi) is 5.70. The zero-order valence-corrected chi connectivity index (χ0v) is 16.4. The molecule has 2 amide bonds. The third-order valence-electron chi connectivity index (χ3n) is 4.06. The number of rotatable bonds is 6. The molecule has 28 heavy (non-hydrogen) atoms. The quantitative estimate of drug-likeness (QED) is 0.640. The Balaban J connectivity index is 1.33. The standard InChI is InChI=1S/C18H17N5O3S2/c24-14(9-11-5-2-1-3-6-11)20-17-19-12(10-27-17)15(25)21-18-23-22-16(28-18)13-7-4-8-26-13/h1-3,5-6,10,13H,4,7-9H2,(H,19,20,24)(H,21,23,25). The molecule has 4 rings (SSSR count). The zero-order valence-electron chi connectivity index (χ0n) is 14.8. The van der Waals surface area contributed by atoms with E-state index >= 15 is 0 Å². The maximum absolute atomic E-state index is 12.4. The van der Waals surface area contributed by atoms with E-state index in [1.165, 1.54) is 22.7 Å². The predicted octanol–water partition coefficient (Wildman–Crippen LogP) is 3.28. The number of benzene rings is 1. The summed E-state index contributed by atoms with van der Waals surface area (Å²) in [5, 5.41) is 16.6. The molecule has 0 saturated carbocycles. The first kappa shape index (κ1) is 18.7. The first-order chi connectivity index (χ1) is 13.7. The van der Waals surface area contributed by atoms with Crippen LogP contribution < -0.4 is 10.6 Å². The number of carbonyl (C=O) groups is 2. The number of thiazole rings is 1. The Hall–Kier alpha value is -2.69.